The zero-order valence-corrected chi connectivity index (χ0v) is 8.89. The fourth-order valence-corrected chi connectivity index (χ4v) is 1.00. The predicted octanol–water partition coefficient (Wildman–Crippen LogP) is 4.11. The van der Waals surface area contributed by atoms with E-state index >= 15 is 0 Å². The van der Waals surface area contributed by atoms with E-state index in [-0.39, 0.29) is 0 Å². The minimum Gasteiger partial charge on any atom is -0.0798 e. The summed E-state index contributed by atoms with van der Waals surface area (Å²) in [4.78, 5) is 0. The van der Waals surface area contributed by atoms with Crippen molar-refractivity contribution in [3.63, 3.8) is 0 Å². The molecule has 0 bridgehead atoms. The largest absolute Gasteiger partial charge is 0.0798 e. The zero-order valence-electron chi connectivity index (χ0n) is 8.89. The molecule has 0 heteroatoms. The number of hydrogen-bond acceptors (Lipinski definition) is 0. The molecule has 0 heterocycles. The van der Waals surface area contributed by atoms with Crippen molar-refractivity contribution < 1.29 is 0 Å². The second kappa shape index (κ2) is 5.82. The van der Waals surface area contributed by atoms with E-state index in [1.54, 1.807) is 0 Å². The van der Waals surface area contributed by atoms with Crippen LogP contribution in [0.4, 0.5) is 0 Å². The van der Waals surface area contributed by atoms with Gasteiger partial charge in [-0.2, -0.15) is 0 Å². The van der Waals surface area contributed by atoms with Crippen molar-refractivity contribution in [3.8, 4) is 0 Å². The van der Waals surface area contributed by atoms with Gasteiger partial charge < -0.3 is 0 Å². The molecule has 0 spiro atoms. The van der Waals surface area contributed by atoms with Gasteiger partial charge in [0.05, 0.1) is 0 Å². The van der Waals surface area contributed by atoms with E-state index in [4.69, 9.17) is 0 Å². The van der Waals surface area contributed by atoms with E-state index in [2.05, 4.69) is 58.9 Å². The molecular formula is C12H20. The van der Waals surface area contributed by atoms with Gasteiger partial charge in [-0.3, -0.25) is 0 Å². The Morgan fingerprint density at radius 1 is 1.00 bits per heavy atom. The lowest BCUT2D eigenvalue weighted by Gasteiger charge is -1.97. The number of hydrogen-bond donors (Lipinski definition) is 0. The van der Waals surface area contributed by atoms with E-state index in [1.165, 1.54) is 11.1 Å². The first-order valence-electron chi connectivity index (χ1n) is 4.49. The molecule has 0 saturated carbocycles. The maximum absolute atomic E-state index is 2.26. The smallest absolute Gasteiger partial charge is 0.00763 e. The summed E-state index contributed by atoms with van der Waals surface area (Å²) < 4.78 is 0. The standard InChI is InChI=1S/C12H20/c1-10(2)7-6-8-12(5)9-11(3)4/h6-9,12H,1-5H3. The van der Waals surface area contributed by atoms with Crippen LogP contribution in [0.5, 0.6) is 0 Å². The molecule has 0 amide bonds. The predicted molar refractivity (Wildman–Crippen MR) is 57.2 cm³/mol. The Kier molecular flexibility index (Phi) is 5.44. The first kappa shape index (κ1) is 11.2. The Labute approximate surface area is 76.7 Å². The topological polar surface area (TPSA) is 0 Å². The van der Waals surface area contributed by atoms with Crippen molar-refractivity contribution in [1.82, 2.24) is 0 Å². The molecule has 12 heavy (non-hydrogen) atoms. The monoisotopic (exact) mass is 164 g/mol. The molecule has 0 nitrogen and oxygen atoms in total. The summed E-state index contributed by atoms with van der Waals surface area (Å²) in [6.45, 7) is 10.7. The maximum Gasteiger partial charge on any atom is -0.00763 e. The fourth-order valence-electron chi connectivity index (χ4n) is 1.00. The van der Waals surface area contributed by atoms with Gasteiger partial charge in [0.2, 0.25) is 0 Å². The lowest BCUT2D eigenvalue weighted by Crippen LogP contribution is -1.82. The Morgan fingerprint density at radius 2 is 1.58 bits per heavy atom. The van der Waals surface area contributed by atoms with Crippen LogP contribution in [0, 0.1) is 5.92 Å². The highest BCUT2D eigenvalue weighted by atomic mass is 13.9. The van der Waals surface area contributed by atoms with Crippen LogP contribution >= 0.6 is 0 Å². The van der Waals surface area contributed by atoms with Crippen molar-refractivity contribution in [2.75, 3.05) is 0 Å². The van der Waals surface area contributed by atoms with Gasteiger partial charge in [-0.15, -0.1) is 0 Å². The summed E-state index contributed by atoms with van der Waals surface area (Å²) in [5.74, 6) is 0.547. The van der Waals surface area contributed by atoms with E-state index in [0.717, 1.165) is 0 Å². The van der Waals surface area contributed by atoms with E-state index in [1.807, 2.05) is 0 Å². The summed E-state index contributed by atoms with van der Waals surface area (Å²) in [6, 6.07) is 0. The average molecular weight is 164 g/mol. The van der Waals surface area contributed by atoms with Gasteiger partial charge in [0.1, 0.15) is 0 Å². The maximum atomic E-state index is 2.26. The Hall–Kier alpha value is -0.780. The highest BCUT2D eigenvalue weighted by molar-refractivity contribution is 5.12. The van der Waals surface area contributed by atoms with Gasteiger partial charge in [0, 0.05) is 0 Å². The van der Waals surface area contributed by atoms with E-state index in [0.29, 0.717) is 5.92 Å². The van der Waals surface area contributed by atoms with Crippen LogP contribution in [-0.2, 0) is 0 Å². The average Bonchev–Trinajstić information content (AvgIpc) is 1.84. The van der Waals surface area contributed by atoms with Crippen molar-refractivity contribution >= 4 is 0 Å². The zero-order chi connectivity index (χ0) is 9.56. The molecule has 0 aromatic heterocycles. The van der Waals surface area contributed by atoms with Crippen molar-refractivity contribution in [1.29, 1.82) is 0 Å². The molecule has 1 atom stereocenters. The summed E-state index contributed by atoms with van der Waals surface area (Å²) in [7, 11) is 0. The Balaban J connectivity index is 4.01. The minimum atomic E-state index is 0.547. The van der Waals surface area contributed by atoms with E-state index in [9.17, 15) is 0 Å². The van der Waals surface area contributed by atoms with Gasteiger partial charge in [0.15, 0.2) is 0 Å². The third-order valence-corrected chi connectivity index (χ3v) is 1.44. The van der Waals surface area contributed by atoms with Gasteiger partial charge >= 0.3 is 0 Å². The summed E-state index contributed by atoms with van der Waals surface area (Å²) in [5.41, 5.74) is 2.72. The van der Waals surface area contributed by atoms with E-state index < -0.39 is 0 Å². The van der Waals surface area contributed by atoms with Gasteiger partial charge in [-0.1, -0.05) is 42.4 Å². The molecule has 68 valence electrons. The molecule has 0 rings (SSSR count). The summed E-state index contributed by atoms with van der Waals surface area (Å²) >= 11 is 0. The minimum absolute atomic E-state index is 0.547. The van der Waals surface area contributed by atoms with Crippen molar-refractivity contribution in [2.45, 2.75) is 34.6 Å². The second-order valence-corrected chi connectivity index (χ2v) is 3.73. The fraction of sp³-hybridized carbons (Fsp3) is 0.500. The summed E-state index contributed by atoms with van der Waals surface area (Å²) in [6.07, 6.45) is 8.73. The van der Waals surface area contributed by atoms with Crippen LogP contribution in [0.2, 0.25) is 0 Å². The molecule has 0 saturated heterocycles. The highest BCUT2D eigenvalue weighted by Gasteiger charge is 1.88. The third kappa shape index (κ3) is 7.33. The summed E-state index contributed by atoms with van der Waals surface area (Å²) in [5, 5.41) is 0. The van der Waals surface area contributed by atoms with Gasteiger partial charge in [-0.25, -0.2) is 0 Å². The highest BCUT2D eigenvalue weighted by Crippen LogP contribution is 2.04. The molecule has 0 radical (unpaired) electrons. The molecule has 0 aliphatic carbocycles. The third-order valence-electron chi connectivity index (χ3n) is 1.44. The molecule has 0 aromatic rings. The van der Waals surface area contributed by atoms with Gasteiger partial charge in [0.25, 0.3) is 0 Å². The second-order valence-electron chi connectivity index (χ2n) is 3.73. The first-order chi connectivity index (χ1) is 5.52. The Bertz CT molecular complexity index is 196. The van der Waals surface area contributed by atoms with Crippen LogP contribution in [0.3, 0.4) is 0 Å². The molecular weight excluding hydrogens is 144 g/mol. The number of allylic oxidation sites excluding steroid dienone is 6. The van der Waals surface area contributed by atoms with Crippen LogP contribution in [0.15, 0.2) is 35.5 Å². The quantitative estimate of drug-likeness (QED) is 0.435. The Morgan fingerprint density at radius 3 is 2.00 bits per heavy atom. The SMILES string of the molecule is CC(C)=CC=CC(C)C=C(C)C. The molecule has 0 aromatic carbocycles. The molecule has 0 aliphatic rings. The van der Waals surface area contributed by atoms with Crippen LogP contribution in [-0.4, -0.2) is 0 Å². The van der Waals surface area contributed by atoms with Crippen LogP contribution < -0.4 is 0 Å². The lowest BCUT2D eigenvalue weighted by atomic mass is 10.1. The van der Waals surface area contributed by atoms with Crippen molar-refractivity contribution in [2.24, 2.45) is 5.92 Å². The van der Waals surface area contributed by atoms with Crippen LogP contribution in [0.1, 0.15) is 34.6 Å². The lowest BCUT2D eigenvalue weighted by molar-refractivity contribution is 0.924. The normalized spacial score (nSPS) is 12.8. The molecule has 0 aliphatic heterocycles. The molecule has 0 fully saturated rings. The van der Waals surface area contributed by atoms with Crippen LogP contribution in [0.25, 0.3) is 0 Å². The van der Waals surface area contributed by atoms with Crippen molar-refractivity contribution in [3.05, 3.63) is 35.5 Å². The molecule has 0 N–H and O–H groups in total. The molecule has 1 unspecified atom stereocenters. The first-order valence-corrected chi connectivity index (χ1v) is 4.49. The number of rotatable bonds is 3. The van der Waals surface area contributed by atoms with Gasteiger partial charge in [-0.05, 0) is 33.6 Å².